The van der Waals surface area contributed by atoms with Crippen LogP contribution in [0.15, 0.2) is 48.7 Å². The number of carboxylic acid groups (broad SMARTS) is 2. The summed E-state index contributed by atoms with van der Waals surface area (Å²) in [5.41, 5.74) is 2.06. The summed E-state index contributed by atoms with van der Waals surface area (Å²) in [6, 6.07) is 11.5. The van der Waals surface area contributed by atoms with E-state index in [0.717, 1.165) is 5.52 Å². The number of aromatic nitrogens is 1. The number of carboxylic acids is 2. The van der Waals surface area contributed by atoms with Gasteiger partial charge < -0.3 is 19.9 Å². The third-order valence-corrected chi connectivity index (χ3v) is 3.88. The highest BCUT2D eigenvalue weighted by molar-refractivity contribution is 5.96. The molecule has 1 aromatic heterocycles. The van der Waals surface area contributed by atoms with Gasteiger partial charge in [-0.1, -0.05) is 18.2 Å². The lowest BCUT2D eigenvalue weighted by molar-refractivity contribution is -0.136. The van der Waals surface area contributed by atoms with E-state index in [0.29, 0.717) is 23.1 Å². The number of fused-ring (bicyclic) bond motifs is 1. The summed E-state index contributed by atoms with van der Waals surface area (Å²) in [5, 5.41) is 28.7. The minimum Gasteiger partial charge on any atom is -0.508 e. The molecule has 0 bridgehead atoms. The molecule has 0 aliphatic heterocycles. The average Bonchev–Trinajstić information content (AvgIpc) is 2.86. The Kier molecular flexibility index (Phi) is 3.95. The van der Waals surface area contributed by atoms with Crippen molar-refractivity contribution in [3.63, 3.8) is 0 Å². The van der Waals surface area contributed by atoms with Gasteiger partial charge in [0.05, 0.1) is 18.5 Å². The van der Waals surface area contributed by atoms with Crippen LogP contribution in [0.5, 0.6) is 5.75 Å². The van der Waals surface area contributed by atoms with Crippen molar-refractivity contribution in [1.82, 2.24) is 4.57 Å². The standard InChI is InChI=1S/C18H15NO5/c20-16-4-2-1-3-12(16)9-19-10-13(8-17(21)22)14-7-11(18(23)24)5-6-15(14)19/h1-7,10,20H,8-9H2,(H,21,22)(H,23,24). The largest absolute Gasteiger partial charge is 0.508 e. The van der Waals surface area contributed by atoms with Crippen molar-refractivity contribution in [3.8, 4) is 5.75 Å². The maximum atomic E-state index is 11.2. The molecule has 24 heavy (non-hydrogen) atoms. The first-order valence-electron chi connectivity index (χ1n) is 7.29. The first-order valence-corrected chi connectivity index (χ1v) is 7.29. The molecule has 2 aromatic carbocycles. The van der Waals surface area contributed by atoms with E-state index in [1.165, 1.54) is 12.1 Å². The molecule has 122 valence electrons. The maximum Gasteiger partial charge on any atom is 0.335 e. The number of benzene rings is 2. The minimum absolute atomic E-state index is 0.106. The van der Waals surface area contributed by atoms with Crippen LogP contribution in [0.3, 0.4) is 0 Å². The molecule has 0 saturated carbocycles. The highest BCUT2D eigenvalue weighted by Crippen LogP contribution is 2.26. The monoisotopic (exact) mass is 325 g/mol. The number of phenolic OH excluding ortho intramolecular Hbond substituents is 1. The lowest BCUT2D eigenvalue weighted by atomic mass is 10.1. The molecule has 3 rings (SSSR count). The molecule has 0 aliphatic carbocycles. The van der Waals surface area contributed by atoms with Gasteiger partial charge in [0.15, 0.2) is 0 Å². The Hall–Kier alpha value is -3.28. The van der Waals surface area contributed by atoms with Crippen molar-refractivity contribution in [1.29, 1.82) is 0 Å². The second kappa shape index (κ2) is 6.08. The Labute approximate surface area is 137 Å². The molecule has 6 nitrogen and oxygen atoms in total. The van der Waals surface area contributed by atoms with Gasteiger partial charge in [0.25, 0.3) is 0 Å². The number of hydrogen-bond donors (Lipinski definition) is 3. The lowest BCUT2D eigenvalue weighted by Crippen LogP contribution is -2.00. The molecule has 0 atom stereocenters. The quantitative estimate of drug-likeness (QED) is 0.670. The zero-order valence-electron chi connectivity index (χ0n) is 12.6. The fourth-order valence-electron chi connectivity index (χ4n) is 2.77. The third-order valence-electron chi connectivity index (χ3n) is 3.88. The summed E-state index contributed by atoms with van der Waals surface area (Å²) < 4.78 is 1.81. The highest BCUT2D eigenvalue weighted by atomic mass is 16.4. The normalized spacial score (nSPS) is 10.8. The van der Waals surface area contributed by atoms with Gasteiger partial charge in [0, 0.05) is 22.7 Å². The predicted octanol–water partition coefficient (Wildman–Crippen LogP) is 2.72. The Morgan fingerprint density at radius 2 is 1.75 bits per heavy atom. The number of carbonyl (C=O) groups is 2. The summed E-state index contributed by atoms with van der Waals surface area (Å²) in [7, 11) is 0. The average molecular weight is 325 g/mol. The molecule has 0 amide bonds. The molecule has 0 aliphatic rings. The van der Waals surface area contributed by atoms with Gasteiger partial charge in [-0.3, -0.25) is 4.79 Å². The molecule has 0 saturated heterocycles. The molecule has 3 aromatic rings. The Balaban J connectivity index is 2.12. The van der Waals surface area contributed by atoms with E-state index < -0.39 is 11.9 Å². The number of aromatic hydroxyl groups is 1. The number of rotatable bonds is 5. The van der Waals surface area contributed by atoms with E-state index in [1.54, 1.807) is 36.5 Å². The number of aromatic carboxylic acids is 1. The summed E-state index contributed by atoms with van der Waals surface area (Å²) in [6.45, 7) is 0.356. The van der Waals surface area contributed by atoms with Gasteiger partial charge in [-0.2, -0.15) is 0 Å². The summed E-state index contributed by atoms with van der Waals surface area (Å²) in [4.78, 5) is 22.3. The Morgan fingerprint density at radius 3 is 2.42 bits per heavy atom. The molecular formula is C18H15NO5. The SMILES string of the molecule is O=C(O)Cc1cn(Cc2ccccc2O)c2ccc(C(=O)O)cc12. The highest BCUT2D eigenvalue weighted by Gasteiger charge is 2.15. The number of phenols is 1. The Morgan fingerprint density at radius 1 is 1.00 bits per heavy atom. The van der Waals surface area contributed by atoms with Crippen molar-refractivity contribution in [2.75, 3.05) is 0 Å². The van der Waals surface area contributed by atoms with Crippen LogP contribution >= 0.6 is 0 Å². The van der Waals surface area contributed by atoms with Crippen LogP contribution in [0.25, 0.3) is 10.9 Å². The maximum absolute atomic E-state index is 11.2. The van der Waals surface area contributed by atoms with E-state index in [-0.39, 0.29) is 17.7 Å². The van der Waals surface area contributed by atoms with Gasteiger partial charge in [0.1, 0.15) is 5.75 Å². The van der Waals surface area contributed by atoms with E-state index in [2.05, 4.69) is 0 Å². The molecule has 0 fully saturated rings. The van der Waals surface area contributed by atoms with Crippen LogP contribution in [0.2, 0.25) is 0 Å². The lowest BCUT2D eigenvalue weighted by Gasteiger charge is -2.07. The van der Waals surface area contributed by atoms with Crippen LogP contribution in [0, 0.1) is 0 Å². The van der Waals surface area contributed by atoms with Gasteiger partial charge in [-0.25, -0.2) is 4.79 Å². The van der Waals surface area contributed by atoms with Crippen LogP contribution in [-0.2, 0) is 17.8 Å². The molecule has 0 unspecified atom stereocenters. The summed E-state index contributed by atoms with van der Waals surface area (Å²) in [6.07, 6.45) is 1.49. The Bertz CT molecular complexity index is 942. The van der Waals surface area contributed by atoms with Crippen molar-refractivity contribution in [3.05, 3.63) is 65.4 Å². The van der Waals surface area contributed by atoms with Gasteiger partial charge >= 0.3 is 11.9 Å². The third kappa shape index (κ3) is 2.94. The second-order valence-electron chi connectivity index (χ2n) is 5.52. The fourth-order valence-corrected chi connectivity index (χ4v) is 2.77. The van der Waals surface area contributed by atoms with E-state index in [4.69, 9.17) is 10.2 Å². The van der Waals surface area contributed by atoms with Crippen molar-refractivity contribution < 1.29 is 24.9 Å². The van der Waals surface area contributed by atoms with E-state index in [1.807, 2.05) is 4.57 Å². The van der Waals surface area contributed by atoms with Crippen LogP contribution in [0.1, 0.15) is 21.5 Å². The van der Waals surface area contributed by atoms with E-state index in [9.17, 15) is 14.7 Å². The van der Waals surface area contributed by atoms with Crippen LogP contribution < -0.4 is 0 Å². The van der Waals surface area contributed by atoms with Gasteiger partial charge in [0.2, 0.25) is 0 Å². The minimum atomic E-state index is -1.06. The first-order chi connectivity index (χ1) is 11.5. The first kappa shape index (κ1) is 15.6. The van der Waals surface area contributed by atoms with Crippen LogP contribution in [-0.4, -0.2) is 31.8 Å². The summed E-state index contributed by atoms with van der Waals surface area (Å²) >= 11 is 0. The van der Waals surface area contributed by atoms with Crippen molar-refractivity contribution >= 4 is 22.8 Å². The molecule has 0 radical (unpaired) electrons. The predicted molar refractivity (Wildman–Crippen MR) is 87.4 cm³/mol. The fraction of sp³-hybridized carbons (Fsp3) is 0.111. The molecular weight excluding hydrogens is 310 g/mol. The van der Waals surface area contributed by atoms with Gasteiger partial charge in [-0.15, -0.1) is 0 Å². The molecule has 3 N–H and O–H groups in total. The van der Waals surface area contributed by atoms with Gasteiger partial charge in [-0.05, 0) is 29.8 Å². The second-order valence-corrected chi connectivity index (χ2v) is 5.52. The molecule has 6 heteroatoms. The zero-order valence-corrected chi connectivity index (χ0v) is 12.6. The molecule has 0 spiro atoms. The topological polar surface area (TPSA) is 99.8 Å². The van der Waals surface area contributed by atoms with Crippen LogP contribution in [0.4, 0.5) is 0 Å². The number of nitrogens with zero attached hydrogens (tertiary/aromatic N) is 1. The number of hydrogen-bond acceptors (Lipinski definition) is 3. The van der Waals surface area contributed by atoms with Crippen molar-refractivity contribution in [2.45, 2.75) is 13.0 Å². The molecule has 1 heterocycles. The number of para-hydroxylation sites is 1. The number of aliphatic carboxylic acids is 1. The summed E-state index contributed by atoms with van der Waals surface area (Å²) in [5.74, 6) is -1.90. The van der Waals surface area contributed by atoms with E-state index >= 15 is 0 Å². The smallest absolute Gasteiger partial charge is 0.335 e. The zero-order chi connectivity index (χ0) is 17.3. The van der Waals surface area contributed by atoms with Crippen molar-refractivity contribution in [2.24, 2.45) is 0 Å².